The third kappa shape index (κ3) is 5.33. The van der Waals surface area contributed by atoms with Gasteiger partial charge in [0.2, 0.25) is 0 Å². The standard InChI is InChI=1S/C13H12O2/c14-13(15)11-7-2-1-4-8-12-9-5-3-6-10-12/h3,5-7,9-11H,1-2H2,(H,14,15)/b11-7+. The highest BCUT2D eigenvalue weighted by Gasteiger charge is 1.84. The molecule has 0 unspecified atom stereocenters. The van der Waals surface area contributed by atoms with Gasteiger partial charge in [0.05, 0.1) is 0 Å². The van der Waals surface area contributed by atoms with Crippen LogP contribution in [-0.2, 0) is 4.79 Å². The van der Waals surface area contributed by atoms with Crippen LogP contribution in [-0.4, -0.2) is 11.1 Å². The van der Waals surface area contributed by atoms with Gasteiger partial charge in [-0.1, -0.05) is 36.1 Å². The summed E-state index contributed by atoms with van der Waals surface area (Å²) in [5, 5.41) is 8.33. The number of hydrogen-bond acceptors (Lipinski definition) is 1. The van der Waals surface area contributed by atoms with Crippen molar-refractivity contribution in [3.8, 4) is 11.8 Å². The summed E-state index contributed by atoms with van der Waals surface area (Å²) in [5.74, 6) is 5.07. The van der Waals surface area contributed by atoms with Gasteiger partial charge in [0.1, 0.15) is 0 Å². The van der Waals surface area contributed by atoms with Crippen molar-refractivity contribution < 1.29 is 9.90 Å². The molecule has 1 rings (SSSR count). The van der Waals surface area contributed by atoms with Crippen LogP contribution in [0.2, 0.25) is 0 Å². The van der Waals surface area contributed by atoms with E-state index in [1.165, 1.54) is 0 Å². The lowest BCUT2D eigenvalue weighted by Gasteiger charge is -1.86. The van der Waals surface area contributed by atoms with E-state index < -0.39 is 5.97 Å². The van der Waals surface area contributed by atoms with Crippen molar-refractivity contribution in [2.75, 3.05) is 0 Å². The first kappa shape index (κ1) is 11.1. The Balaban J connectivity index is 2.32. The molecule has 1 aromatic rings. The zero-order valence-corrected chi connectivity index (χ0v) is 8.31. The molecule has 0 radical (unpaired) electrons. The minimum absolute atomic E-state index is 0.673. The van der Waals surface area contributed by atoms with Crippen molar-refractivity contribution in [1.82, 2.24) is 0 Å². The zero-order chi connectivity index (χ0) is 10.9. The normalized spacial score (nSPS) is 9.60. The molecule has 0 saturated heterocycles. The zero-order valence-electron chi connectivity index (χ0n) is 8.31. The van der Waals surface area contributed by atoms with E-state index in [1.54, 1.807) is 6.08 Å². The van der Waals surface area contributed by atoms with Crippen LogP contribution in [0, 0.1) is 11.8 Å². The molecular formula is C13H12O2. The molecule has 0 atom stereocenters. The highest BCUT2D eigenvalue weighted by molar-refractivity contribution is 5.79. The van der Waals surface area contributed by atoms with E-state index in [1.807, 2.05) is 30.3 Å². The van der Waals surface area contributed by atoms with Crippen LogP contribution in [0.3, 0.4) is 0 Å². The number of allylic oxidation sites excluding steroid dienone is 1. The predicted octanol–water partition coefficient (Wildman–Crippen LogP) is 2.46. The van der Waals surface area contributed by atoms with Crippen molar-refractivity contribution in [1.29, 1.82) is 0 Å². The topological polar surface area (TPSA) is 37.3 Å². The maximum absolute atomic E-state index is 10.1. The number of carboxylic acid groups (broad SMARTS) is 1. The summed E-state index contributed by atoms with van der Waals surface area (Å²) in [6, 6.07) is 9.71. The van der Waals surface area contributed by atoms with Gasteiger partial charge in [-0.3, -0.25) is 0 Å². The van der Waals surface area contributed by atoms with Gasteiger partial charge in [0, 0.05) is 18.1 Å². The Bertz CT molecular complexity index is 394. The summed E-state index contributed by atoms with van der Waals surface area (Å²) in [5.41, 5.74) is 0.986. The van der Waals surface area contributed by atoms with Crippen molar-refractivity contribution in [3.63, 3.8) is 0 Å². The van der Waals surface area contributed by atoms with Gasteiger partial charge in [-0.05, 0) is 18.6 Å². The second-order valence-electron chi connectivity index (χ2n) is 2.95. The third-order valence-corrected chi connectivity index (χ3v) is 1.70. The molecule has 1 N–H and O–H groups in total. The van der Waals surface area contributed by atoms with Gasteiger partial charge >= 0.3 is 5.97 Å². The minimum atomic E-state index is -0.911. The second kappa shape index (κ2) is 6.44. The Hall–Kier alpha value is -2.01. The van der Waals surface area contributed by atoms with Crippen LogP contribution >= 0.6 is 0 Å². The predicted molar refractivity (Wildman–Crippen MR) is 59.3 cm³/mol. The van der Waals surface area contributed by atoms with Crippen molar-refractivity contribution >= 4 is 5.97 Å². The third-order valence-electron chi connectivity index (χ3n) is 1.70. The van der Waals surface area contributed by atoms with Crippen LogP contribution in [0.15, 0.2) is 42.5 Å². The molecular weight excluding hydrogens is 188 g/mol. The van der Waals surface area contributed by atoms with Gasteiger partial charge in [-0.25, -0.2) is 4.79 Å². The quantitative estimate of drug-likeness (QED) is 0.462. The molecule has 0 saturated carbocycles. The average molecular weight is 200 g/mol. The lowest BCUT2D eigenvalue weighted by molar-refractivity contribution is -0.131. The molecule has 0 heterocycles. The van der Waals surface area contributed by atoms with E-state index in [2.05, 4.69) is 11.8 Å². The van der Waals surface area contributed by atoms with E-state index >= 15 is 0 Å². The van der Waals surface area contributed by atoms with E-state index in [0.29, 0.717) is 12.8 Å². The Kier molecular flexibility index (Phi) is 4.75. The molecule has 2 nitrogen and oxygen atoms in total. The number of benzene rings is 1. The molecule has 0 bridgehead atoms. The van der Waals surface area contributed by atoms with Crippen molar-refractivity contribution in [3.05, 3.63) is 48.0 Å². The number of carboxylic acids is 1. The molecule has 1 aromatic carbocycles. The molecule has 0 aliphatic heterocycles. The van der Waals surface area contributed by atoms with Crippen molar-refractivity contribution in [2.45, 2.75) is 12.8 Å². The molecule has 2 heteroatoms. The molecule has 0 aliphatic rings. The van der Waals surface area contributed by atoms with Gasteiger partial charge < -0.3 is 5.11 Å². The smallest absolute Gasteiger partial charge is 0.327 e. The Morgan fingerprint density at radius 1 is 1.33 bits per heavy atom. The van der Waals surface area contributed by atoms with E-state index in [0.717, 1.165) is 11.6 Å². The Morgan fingerprint density at radius 3 is 2.73 bits per heavy atom. The van der Waals surface area contributed by atoms with Crippen LogP contribution in [0.5, 0.6) is 0 Å². The Labute approximate surface area is 89.3 Å². The van der Waals surface area contributed by atoms with Crippen LogP contribution in [0.4, 0.5) is 0 Å². The summed E-state index contributed by atoms with van der Waals surface area (Å²) in [6.07, 6.45) is 4.11. The number of unbranched alkanes of at least 4 members (excludes halogenated alkanes) is 1. The maximum atomic E-state index is 10.1. The first-order valence-electron chi connectivity index (χ1n) is 4.72. The van der Waals surface area contributed by atoms with Gasteiger partial charge in [0.25, 0.3) is 0 Å². The molecule has 15 heavy (non-hydrogen) atoms. The van der Waals surface area contributed by atoms with Gasteiger partial charge in [0.15, 0.2) is 0 Å². The number of hydrogen-bond donors (Lipinski definition) is 1. The van der Waals surface area contributed by atoms with E-state index in [9.17, 15) is 4.79 Å². The molecule has 0 aromatic heterocycles. The lowest BCUT2D eigenvalue weighted by atomic mass is 10.2. The van der Waals surface area contributed by atoms with Crippen molar-refractivity contribution in [2.24, 2.45) is 0 Å². The number of carbonyl (C=O) groups is 1. The van der Waals surface area contributed by atoms with E-state index in [4.69, 9.17) is 5.11 Å². The molecule has 0 amide bonds. The summed E-state index contributed by atoms with van der Waals surface area (Å²) in [6.45, 7) is 0. The van der Waals surface area contributed by atoms with Crippen LogP contribution in [0.25, 0.3) is 0 Å². The summed E-state index contributed by atoms with van der Waals surface area (Å²) in [4.78, 5) is 10.1. The number of aliphatic carboxylic acids is 1. The largest absolute Gasteiger partial charge is 0.478 e. The molecule has 0 spiro atoms. The van der Waals surface area contributed by atoms with Crippen LogP contribution < -0.4 is 0 Å². The van der Waals surface area contributed by atoms with Gasteiger partial charge in [-0.15, -0.1) is 0 Å². The molecule has 0 aliphatic carbocycles. The fourth-order valence-corrected chi connectivity index (χ4v) is 1.03. The first-order valence-corrected chi connectivity index (χ1v) is 4.72. The van der Waals surface area contributed by atoms with Gasteiger partial charge in [-0.2, -0.15) is 0 Å². The highest BCUT2D eigenvalue weighted by atomic mass is 16.4. The maximum Gasteiger partial charge on any atom is 0.327 e. The fraction of sp³-hybridized carbons (Fsp3) is 0.154. The molecule has 0 fully saturated rings. The average Bonchev–Trinajstić information content (AvgIpc) is 2.24. The highest BCUT2D eigenvalue weighted by Crippen LogP contribution is 1.96. The summed E-state index contributed by atoms with van der Waals surface area (Å²) >= 11 is 0. The SMILES string of the molecule is O=C(O)/C=C/CCC#Cc1ccccc1. The minimum Gasteiger partial charge on any atom is -0.478 e. The lowest BCUT2D eigenvalue weighted by Crippen LogP contribution is -1.85. The van der Waals surface area contributed by atoms with Crippen LogP contribution in [0.1, 0.15) is 18.4 Å². The summed E-state index contributed by atoms with van der Waals surface area (Å²) < 4.78 is 0. The number of rotatable bonds is 3. The second-order valence-corrected chi connectivity index (χ2v) is 2.95. The van der Waals surface area contributed by atoms with E-state index in [-0.39, 0.29) is 0 Å². The first-order chi connectivity index (χ1) is 7.29. The monoisotopic (exact) mass is 200 g/mol. The molecule has 76 valence electrons. The summed E-state index contributed by atoms with van der Waals surface area (Å²) in [7, 11) is 0. The Morgan fingerprint density at radius 2 is 2.07 bits per heavy atom. The fourth-order valence-electron chi connectivity index (χ4n) is 1.03.